The molecule has 2 aromatic rings. The molecule has 1 aromatic heterocycles. The zero-order valence-corrected chi connectivity index (χ0v) is 12.1. The molecule has 3 rings (SSSR count). The number of aliphatic hydroxyl groups is 1. The van der Waals surface area contributed by atoms with E-state index in [0.29, 0.717) is 18.9 Å². The van der Waals surface area contributed by atoms with Gasteiger partial charge in [-0.3, -0.25) is 4.79 Å². The first-order chi connectivity index (χ1) is 10.1. The summed E-state index contributed by atoms with van der Waals surface area (Å²) in [6.07, 6.45) is 1.54. The molecule has 0 spiro atoms. The molecule has 0 saturated heterocycles. The highest BCUT2D eigenvalue weighted by molar-refractivity contribution is 5.77. The highest BCUT2D eigenvalue weighted by atomic mass is 16.4. The third-order valence-electron chi connectivity index (χ3n) is 4.45. The van der Waals surface area contributed by atoms with Crippen LogP contribution in [0.25, 0.3) is 11.0 Å². The molecule has 0 aliphatic heterocycles. The van der Waals surface area contributed by atoms with Crippen LogP contribution >= 0.6 is 0 Å². The van der Waals surface area contributed by atoms with Crippen molar-refractivity contribution in [1.29, 1.82) is 0 Å². The molecule has 0 amide bonds. The summed E-state index contributed by atoms with van der Waals surface area (Å²) in [5.41, 5.74) is 1.83. The van der Waals surface area contributed by atoms with E-state index < -0.39 is 5.97 Å². The van der Waals surface area contributed by atoms with E-state index in [0.717, 1.165) is 23.3 Å². The SMILES string of the molecule is CC1CC(C(=O)O)C(c2nc3ccccc3n2CCO)C1. The number of aromatic nitrogens is 2. The van der Waals surface area contributed by atoms with Gasteiger partial charge in [0.25, 0.3) is 0 Å². The minimum absolute atomic E-state index is 0.0212. The molecule has 21 heavy (non-hydrogen) atoms. The number of imidazole rings is 1. The number of fused-ring (bicyclic) bond motifs is 1. The molecule has 3 atom stereocenters. The zero-order valence-electron chi connectivity index (χ0n) is 12.1. The first kappa shape index (κ1) is 14.1. The van der Waals surface area contributed by atoms with Crippen LogP contribution in [0, 0.1) is 11.8 Å². The third kappa shape index (κ3) is 2.42. The third-order valence-corrected chi connectivity index (χ3v) is 4.45. The predicted molar refractivity (Wildman–Crippen MR) is 79.1 cm³/mol. The van der Waals surface area contributed by atoms with Crippen molar-refractivity contribution in [1.82, 2.24) is 9.55 Å². The Morgan fingerprint density at radius 1 is 1.38 bits per heavy atom. The van der Waals surface area contributed by atoms with E-state index >= 15 is 0 Å². The van der Waals surface area contributed by atoms with Gasteiger partial charge in [0.05, 0.1) is 23.6 Å². The van der Waals surface area contributed by atoms with Gasteiger partial charge in [0.15, 0.2) is 0 Å². The molecule has 0 bridgehead atoms. The van der Waals surface area contributed by atoms with Crippen LogP contribution in [0.2, 0.25) is 0 Å². The second-order valence-corrected chi connectivity index (χ2v) is 5.96. The number of aliphatic hydroxyl groups excluding tert-OH is 1. The molecule has 112 valence electrons. The second kappa shape index (κ2) is 5.48. The van der Waals surface area contributed by atoms with Gasteiger partial charge in [0, 0.05) is 12.5 Å². The Hall–Kier alpha value is -1.88. The van der Waals surface area contributed by atoms with Crippen LogP contribution in [0.3, 0.4) is 0 Å². The Labute approximate surface area is 123 Å². The minimum Gasteiger partial charge on any atom is -0.481 e. The van der Waals surface area contributed by atoms with E-state index in [1.807, 2.05) is 28.8 Å². The summed E-state index contributed by atoms with van der Waals surface area (Å²) in [5.74, 6) is -0.00171. The van der Waals surface area contributed by atoms with Crippen LogP contribution in [0.5, 0.6) is 0 Å². The fourth-order valence-electron chi connectivity index (χ4n) is 3.56. The number of nitrogens with zero attached hydrogens (tertiary/aromatic N) is 2. The second-order valence-electron chi connectivity index (χ2n) is 5.96. The molecule has 1 saturated carbocycles. The number of benzene rings is 1. The molecule has 2 N–H and O–H groups in total. The van der Waals surface area contributed by atoms with E-state index in [-0.39, 0.29) is 18.4 Å². The number of para-hydroxylation sites is 2. The lowest BCUT2D eigenvalue weighted by molar-refractivity contribution is -0.142. The average molecular weight is 288 g/mol. The molecule has 1 heterocycles. The van der Waals surface area contributed by atoms with Crippen LogP contribution in [-0.2, 0) is 11.3 Å². The fourth-order valence-corrected chi connectivity index (χ4v) is 3.56. The number of carbonyl (C=O) groups is 1. The van der Waals surface area contributed by atoms with Crippen molar-refractivity contribution in [2.45, 2.75) is 32.2 Å². The molecule has 5 nitrogen and oxygen atoms in total. The van der Waals surface area contributed by atoms with Gasteiger partial charge in [-0.15, -0.1) is 0 Å². The van der Waals surface area contributed by atoms with Gasteiger partial charge in [0.2, 0.25) is 0 Å². The van der Waals surface area contributed by atoms with E-state index in [1.54, 1.807) is 0 Å². The van der Waals surface area contributed by atoms with Crippen LogP contribution in [0.4, 0.5) is 0 Å². The van der Waals surface area contributed by atoms with E-state index in [2.05, 4.69) is 11.9 Å². The van der Waals surface area contributed by atoms with Gasteiger partial charge in [-0.1, -0.05) is 19.1 Å². The minimum atomic E-state index is -0.744. The fraction of sp³-hybridized carbons (Fsp3) is 0.500. The highest BCUT2D eigenvalue weighted by Crippen LogP contribution is 2.43. The molecular formula is C16H20N2O3. The van der Waals surface area contributed by atoms with Crippen molar-refractivity contribution in [3.05, 3.63) is 30.1 Å². The Morgan fingerprint density at radius 2 is 2.14 bits per heavy atom. The quantitative estimate of drug-likeness (QED) is 0.904. The summed E-state index contributed by atoms with van der Waals surface area (Å²) in [7, 11) is 0. The van der Waals surface area contributed by atoms with Gasteiger partial charge in [-0.2, -0.15) is 0 Å². The van der Waals surface area contributed by atoms with Gasteiger partial charge in [-0.05, 0) is 30.9 Å². The van der Waals surface area contributed by atoms with Crippen LogP contribution in [-0.4, -0.2) is 32.3 Å². The number of hydrogen-bond acceptors (Lipinski definition) is 3. The number of hydrogen-bond donors (Lipinski definition) is 2. The summed E-state index contributed by atoms with van der Waals surface area (Å²) in [6.45, 7) is 2.56. The molecule has 1 aliphatic rings. The van der Waals surface area contributed by atoms with Crippen molar-refractivity contribution >= 4 is 17.0 Å². The monoisotopic (exact) mass is 288 g/mol. The lowest BCUT2D eigenvalue weighted by Crippen LogP contribution is -2.20. The molecule has 0 radical (unpaired) electrons. The average Bonchev–Trinajstić information content (AvgIpc) is 3.01. The summed E-state index contributed by atoms with van der Waals surface area (Å²) in [6, 6.07) is 7.76. The largest absolute Gasteiger partial charge is 0.481 e. The molecular weight excluding hydrogens is 268 g/mol. The molecule has 5 heteroatoms. The summed E-state index contributed by atoms with van der Waals surface area (Å²) in [5, 5.41) is 18.8. The number of aliphatic carboxylic acids is 1. The topological polar surface area (TPSA) is 75.3 Å². The molecule has 1 aromatic carbocycles. The molecule has 1 aliphatic carbocycles. The first-order valence-corrected chi connectivity index (χ1v) is 7.40. The van der Waals surface area contributed by atoms with E-state index in [4.69, 9.17) is 0 Å². The van der Waals surface area contributed by atoms with E-state index in [1.165, 1.54) is 0 Å². The van der Waals surface area contributed by atoms with Gasteiger partial charge in [0.1, 0.15) is 5.82 Å². The Morgan fingerprint density at radius 3 is 2.86 bits per heavy atom. The van der Waals surface area contributed by atoms with Crippen molar-refractivity contribution in [2.75, 3.05) is 6.61 Å². The van der Waals surface area contributed by atoms with Crippen LogP contribution < -0.4 is 0 Å². The Kier molecular flexibility index (Phi) is 3.68. The standard InChI is InChI=1S/C16H20N2O3/c1-10-8-11(12(9-10)16(20)21)15-17-13-4-2-3-5-14(13)18(15)6-7-19/h2-5,10-12,19H,6-9H2,1H3,(H,20,21). The summed E-state index contributed by atoms with van der Waals surface area (Å²) < 4.78 is 1.98. The Bertz CT molecular complexity index is 665. The highest BCUT2D eigenvalue weighted by Gasteiger charge is 2.40. The predicted octanol–water partition coefficient (Wildman–Crippen LogP) is 2.24. The van der Waals surface area contributed by atoms with Crippen molar-refractivity contribution in [2.24, 2.45) is 11.8 Å². The summed E-state index contributed by atoms with van der Waals surface area (Å²) in [4.78, 5) is 16.2. The zero-order chi connectivity index (χ0) is 15.0. The van der Waals surface area contributed by atoms with Crippen molar-refractivity contribution < 1.29 is 15.0 Å². The maximum Gasteiger partial charge on any atom is 0.307 e. The van der Waals surface area contributed by atoms with Crippen LogP contribution in [0.15, 0.2) is 24.3 Å². The van der Waals surface area contributed by atoms with Gasteiger partial charge < -0.3 is 14.8 Å². The van der Waals surface area contributed by atoms with Gasteiger partial charge >= 0.3 is 5.97 Å². The Balaban J connectivity index is 2.10. The van der Waals surface area contributed by atoms with E-state index in [9.17, 15) is 15.0 Å². The lowest BCUT2D eigenvalue weighted by atomic mass is 9.95. The molecule has 1 fully saturated rings. The smallest absolute Gasteiger partial charge is 0.307 e. The van der Waals surface area contributed by atoms with Gasteiger partial charge in [-0.25, -0.2) is 4.98 Å². The summed E-state index contributed by atoms with van der Waals surface area (Å²) >= 11 is 0. The molecule has 3 unspecified atom stereocenters. The first-order valence-electron chi connectivity index (χ1n) is 7.40. The van der Waals surface area contributed by atoms with Crippen molar-refractivity contribution in [3.8, 4) is 0 Å². The van der Waals surface area contributed by atoms with Crippen LogP contribution in [0.1, 0.15) is 31.5 Å². The number of carboxylic acid groups (broad SMARTS) is 1. The number of carboxylic acids is 1. The lowest BCUT2D eigenvalue weighted by Gasteiger charge is -2.17. The normalized spacial score (nSPS) is 25.5. The number of rotatable bonds is 4. The maximum absolute atomic E-state index is 11.5. The van der Waals surface area contributed by atoms with Crippen molar-refractivity contribution in [3.63, 3.8) is 0 Å². The maximum atomic E-state index is 11.5.